The van der Waals surface area contributed by atoms with Crippen LogP contribution in [-0.4, -0.2) is 56.0 Å². The average Bonchev–Trinajstić information content (AvgIpc) is 2.90. The fourth-order valence-electron chi connectivity index (χ4n) is 3.86. The maximum atomic E-state index is 12.4. The summed E-state index contributed by atoms with van der Waals surface area (Å²) in [6.07, 6.45) is 5.47. The first-order valence-corrected chi connectivity index (χ1v) is 14.4. The molecule has 1 atom stereocenters. The van der Waals surface area contributed by atoms with Gasteiger partial charge in [-0.2, -0.15) is 0 Å². The largest absolute Gasteiger partial charge is 0.508 e. The van der Waals surface area contributed by atoms with Crippen molar-refractivity contribution in [3.05, 3.63) is 59.2 Å². The lowest BCUT2D eigenvalue weighted by Crippen LogP contribution is -2.27. The van der Waals surface area contributed by atoms with Crippen LogP contribution < -0.4 is 10.2 Å². The van der Waals surface area contributed by atoms with E-state index in [0.717, 1.165) is 52.0 Å². The number of aliphatic hydroxyl groups is 2. The molecule has 0 bridgehead atoms. The number of sulfonamides is 1. The van der Waals surface area contributed by atoms with Gasteiger partial charge in [0.2, 0.25) is 0 Å². The molecule has 0 spiro atoms. The van der Waals surface area contributed by atoms with Crippen LogP contribution in [0.25, 0.3) is 0 Å². The molecule has 0 saturated carbocycles. The molecular formula is C27H40N2O8S. The van der Waals surface area contributed by atoms with E-state index in [1.165, 1.54) is 12.1 Å². The third-order valence-corrected chi connectivity index (χ3v) is 7.21. The molecule has 0 saturated heterocycles. The summed E-state index contributed by atoms with van der Waals surface area (Å²) in [5.74, 6) is -0.716. The summed E-state index contributed by atoms with van der Waals surface area (Å²) in [7, 11) is -3.93. The molecule has 2 rings (SSSR count). The zero-order chi connectivity index (χ0) is 27.8. The third kappa shape index (κ3) is 11.5. The van der Waals surface area contributed by atoms with Crippen molar-refractivity contribution in [1.82, 2.24) is 10.2 Å². The lowest BCUT2D eigenvalue weighted by Gasteiger charge is -2.14. The number of carbonyl (C=O) groups is 1. The number of aryl methyl sites for hydroxylation is 1. The van der Waals surface area contributed by atoms with Gasteiger partial charge in [-0.1, -0.05) is 37.1 Å². The van der Waals surface area contributed by atoms with Crippen molar-refractivity contribution < 1.29 is 38.1 Å². The van der Waals surface area contributed by atoms with Crippen LogP contribution in [0.5, 0.6) is 5.75 Å². The molecule has 0 radical (unpaired) electrons. The Morgan fingerprint density at radius 2 is 1.68 bits per heavy atom. The summed E-state index contributed by atoms with van der Waals surface area (Å²) in [6, 6.07) is 11.4. The molecule has 10 nitrogen and oxygen atoms in total. The second-order valence-electron chi connectivity index (χ2n) is 9.04. The number of phenols is 1. The summed E-state index contributed by atoms with van der Waals surface area (Å²) in [4.78, 5) is 17.3. The lowest BCUT2D eigenvalue weighted by molar-refractivity contribution is -0.144. The molecule has 0 aromatic heterocycles. The molecule has 5 N–H and O–H groups in total. The van der Waals surface area contributed by atoms with Crippen LogP contribution in [0.15, 0.2) is 47.4 Å². The predicted octanol–water partition coefficient (Wildman–Crippen LogP) is 2.86. The van der Waals surface area contributed by atoms with E-state index in [-0.39, 0.29) is 17.3 Å². The standard InChI is InChI=1S/C27H40N2O8S/c1-21(31)37-29-38(34,35)27-12-5-4-10-22(27)11-6-9-17-36-16-8-3-2-7-15-28-19-26(33)23-13-14-25(32)24(18-23)20-30/h4-5,10,12-14,18,26,28-30,32-33H,2-3,6-9,11,15-17,19-20H2,1H3/t26-/m1/s1. The number of nitrogens with one attached hydrogen (secondary N) is 2. The van der Waals surface area contributed by atoms with Gasteiger partial charge in [0.15, 0.2) is 0 Å². The van der Waals surface area contributed by atoms with Gasteiger partial charge in [0, 0.05) is 32.2 Å². The van der Waals surface area contributed by atoms with Crippen molar-refractivity contribution in [2.75, 3.05) is 26.3 Å². The fourth-order valence-corrected chi connectivity index (χ4v) is 4.95. The number of ether oxygens (including phenoxy) is 1. The number of carbonyl (C=O) groups excluding carboxylic acids is 1. The predicted molar refractivity (Wildman–Crippen MR) is 143 cm³/mol. The normalized spacial score (nSPS) is 12.4. The maximum Gasteiger partial charge on any atom is 0.323 e. The van der Waals surface area contributed by atoms with Gasteiger partial charge in [-0.25, -0.2) is 8.42 Å². The van der Waals surface area contributed by atoms with E-state index in [9.17, 15) is 28.5 Å². The first-order valence-electron chi connectivity index (χ1n) is 12.9. The molecule has 38 heavy (non-hydrogen) atoms. The Bertz CT molecular complexity index is 1090. The molecular weight excluding hydrogens is 512 g/mol. The molecule has 2 aromatic rings. The fraction of sp³-hybridized carbons (Fsp3) is 0.519. The molecule has 2 aromatic carbocycles. The van der Waals surface area contributed by atoms with Gasteiger partial charge in [0.1, 0.15) is 5.75 Å². The summed E-state index contributed by atoms with van der Waals surface area (Å²) >= 11 is 0. The van der Waals surface area contributed by atoms with E-state index in [4.69, 9.17) is 4.74 Å². The first-order chi connectivity index (χ1) is 18.2. The van der Waals surface area contributed by atoms with Crippen LogP contribution in [0.4, 0.5) is 0 Å². The molecule has 0 heterocycles. The highest BCUT2D eigenvalue weighted by Gasteiger charge is 2.19. The van der Waals surface area contributed by atoms with Crippen LogP contribution in [-0.2, 0) is 37.4 Å². The summed E-state index contributed by atoms with van der Waals surface area (Å²) in [5, 5.41) is 32.3. The van der Waals surface area contributed by atoms with Crippen LogP contribution in [0, 0.1) is 0 Å². The van der Waals surface area contributed by atoms with Gasteiger partial charge in [0.05, 0.1) is 17.6 Å². The van der Waals surface area contributed by atoms with Crippen LogP contribution in [0.2, 0.25) is 0 Å². The molecule has 0 aliphatic heterocycles. The highest BCUT2D eigenvalue weighted by atomic mass is 32.2. The van der Waals surface area contributed by atoms with E-state index < -0.39 is 22.1 Å². The zero-order valence-corrected chi connectivity index (χ0v) is 22.7. The molecule has 0 amide bonds. The smallest absolute Gasteiger partial charge is 0.323 e. The van der Waals surface area contributed by atoms with Crippen molar-refractivity contribution in [3.8, 4) is 5.75 Å². The number of aromatic hydroxyl groups is 1. The van der Waals surface area contributed by atoms with Crippen LogP contribution in [0.3, 0.4) is 0 Å². The molecule has 0 aliphatic carbocycles. The van der Waals surface area contributed by atoms with Gasteiger partial charge in [-0.05, 0) is 72.9 Å². The van der Waals surface area contributed by atoms with E-state index >= 15 is 0 Å². The maximum absolute atomic E-state index is 12.4. The van der Waals surface area contributed by atoms with Crippen molar-refractivity contribution in [2.24, 2.45) is 0 Å². The Kier molecular flexibility index (Phi) is 14.3. The highest BCUT2D eigenvalue weighted by molar-refractivity contribution is 7.89. The molecule has 11 heteroatoms. The Balaban J connectivity index is 1.50. The van der Waals surface area contributed by atoms with Gasteiger partial charge in [-0.3, -0.25) is 4.79 Å². The van der Waals surface area contributed by atoms with Gasteiger partial charge in [0.25, 0.3) is 10.0 Å². The Hall–Kier alpha value is -2.54. The second kappa shape index (κ2) is 17.1. The topological polar surface area (TPSA) is 154 Å². The summed E-state index contributed by atoms with van der Waals surface area (Å²) < 4.78 is 30.4. The number of hydrogen-bond acceptors (Lipinski definition) is 9. The number of rotatable bonds is 19. The number of aliphatic hydroxyl groups excluding tert-OH is 2. The first kappa shape index (κ1) is 31.7. The quantitative estimate of drug-likeness (QED) is 0.131. The van der Waals surface area contributed by atoms with E-state index in [0.29, 0.717) is 42.9 Å². The van der Waals surface area contributed by atoms with Crippen LogP contribution >= 0.6 is 0 Å². The third-order valence-electron chi connectivity index (χ3n) is 5.93. The SMILES string of the molecule is CC(=O)ONS(=O)(=O)c1ccccc1CCCCOCCCCCCNC[C@@H](O)c1ccc(O)c(CO)c1. The van der Waals surface area contributed by atoms with Crippen LogP contribution in [0.1, 0.15) is 68.2 Å². The minimum atomic E-state index is -3.93. The number of hydrogen-bond donors (Lipinski definition) is 5. The minimum Gasteiger partial charge on any atom is -0.508 e. The summed E-state index contributed by atoms with van der Waals surface area (Å²) in [6.45, 7) is 3.32. The number of unbranched alkanes of at least 4 members (excludes halogenated alkanes) is 4. The Morgan fingerprint density at radius 1 is 0.974 bits per heavy atom. The lowest BCUT2D eigenvalue weighted by atomic mass is 10.1. The van der Waals surface area contributed by atoms with E-state index in [2.05, 4.69) is 10.2 Å². The van der Waals surface area contributed by atoms with E-state index in [1.807, 2.05) is 4.89 Å². The highest BCUT2D eigenvalue weighted by Crippen LogP contribution is 2.22. The monoisotopic (exact) mass is 552 g/mol. The Labute approximate surface area is 225 Å². The molecule has 0 fully saturated rings. The second-order valence-corrected chi connectivity index (χ2v) is 10.7. The van der Waals surface area contributed by atoms with Crippen molar-refractivity contribution >= 4 is 16.0 Å². The van der Waals surface area contributed by atoms with E-state index in [1.54, 1.807) is 30.3 Å². The summed E-state index contributed by atoms with van der Waals surface area (Å²) in [5.41, 5.74) is 1.71. The average molecular weight is 553 g/mol. The van der Waals surface area contributed by atoms with Crippen molar-refractivity contribution in [2.45, 2.75) is 69.5 Å². The van der Waals surface area contributed by atoms with Gasteiger partial charge < -0.3 is 30.2 Å². The Morgan fingerprint density at radius 3 is 2.42 bits per heavy atom. The number of benzene rings is 2. The van der Waals surface area contributed by atoms with Crippen molar-refractivity contribution in [1.29, 1.82) is 0 Å². The molecule has 0 unspecified atom stereocenters. The zero-order valence-electron chi connectivity index (χ0n) is 21.9. The molecule has 212 valence electrons. The van der Waals surface area contributed by atoms with Gasteiger partial charge >= 0.3 is 5.97 Å². The molecule has 0 aliphatic rings. The van der Waals surface area contributed by atoms with Crippen molar-refractivity contribution in [3.63, 3.8) is 0 Å². The van der Waals surface area contributed by atoms with Gasteiger partial charge in [-0.15, -0.1) is 0 Å². The minimum absolute atomic E-state index is 0.0195.